The lowest BCUT2D eigenvalue weighted by molar-refractivity contribution is -0.177. The first-order valence-corrected chi connectivity index (χ1v) is 6.76. The van der Waals surface area contributed by atoms with Crippen molar-refractivity contribution in [2.24, 2.45) is 47.3 Å². The highest BCUT2D eigenvalue weighted by atomic mass is 127. The van der Waals surface area contributed by atoms with Crippen molar-refractivity contribution in [2.45, 2.75) is 16.4 Å². The van der Waals surface area contributed by atoms with Crippen LogP contribution in [-0.4, -0.2) is 14.6 Å². The lowest BCUT2D eigenvalue weighted by Crippen LogP contribution is -2.61. The molecule has 70 valence electrons. The van der Waals surface area contributed by atoms with Crippen LogP contribution in [0.25, 0.3) is 0 Å². The Balaban J connectivity index is 1.83. The minimum Gasteiger partial charge on any atom is -0.390 e. The van der Waals surface area contributed by atoms with E-state index in [4.69, 9.17) is 0 Å². The van der Waals surface area contributed by atoms with Crippen LogP contribution in [0.3, 0.4) is 0 Å². The molecule has 0 spiro atoms. The summed E-state index contributed by atoms with van der Waals surface area (Å²) in [6.45, 7) is 2.13. The van der Waals surface area contributed by atoms with E-state index in [0.717, 1.165) is 45.3 Å². The van der Waals surface area contributed by atoms with Crippen LogP contribution in [0.1, 0.15) is 6.92 Å². The molecule has 6 saturated carbocycles. The number of hydrogen-bond donors (Lipinski definition) is 1. The third-order valence-corrected chi connectivity index (χ3v) is 8.07. The Labute approximate surface area is 91.4 Å². The van der Waals surface area contributed by atoms with Gasteiger partial charge in [0.1, 0.15) is 0 Å². The lowest BCUT2D eigenvalue weighted by atomic mass is 9.41. The number of hydrogen-bond acceptors (Lipinski definition) is 1. The van der Waals surface area contributed by atoms with Crippen LogP contribution < -0.4 is 0 Å². The molecule has 0 aliphatic heterocycles. The molecule has 4 bridgehead atoms. The first-order chi connectivity index (χ1) is 6.15. The Morgan fingerprint density at radius 3 is 2.00 bits per heavy atom. The summed E-state index contributed by atoms with van der Waals surface area (Å²) in [4.78, 5) is 0. The van der Waals surface area contributed by atoms with Crippen LogP contribution in [0.2, 0.25) is 0 Å². The smallest absolute Gasteiger partial charge is 0.0687 e. The van der Waals surface area contributed by atoms with E-state index in [9.17, 15) is 5.11 Å². The molecule has 6 aliphatic rings. The molecule has 6 rings (SSSR count). The molecule has 0 unspecified atom stereocenters. The Morgan fingerprint density at radius 1 is 0.923 bits per heavy atom. The van der Waals surface area contributed by atoms with E-state index < -0.39 is 0 Å². The van der Waals surface area contributed by atoms with E-state index in [-0.39, 0.29) is 5.60 Å². The van der Waals surface area contributed by atoms with E-state index >= 15 is 0 Å². The zero-order valence-corrected chi connectivity index (χ0v) is 9.68. The van der Waals surface area contributed by atoms with Gasteiger partial charge >= 0.3 is 0 Å². The molecule has 0 amide bonds. The zero-order chi connectivity index (χ0) is 8.70. The van der Waals surface area contributed by atoms with Gasteiger partial charge in [0.15, 0.2) is 0 Å². The van der Waals surface area contributed by atoms with Crippen LogP contribution in [0, 0.1) is 47.3 Å². The molecular formula is C11H13IO. The summed E-state index contributed by atoms with van der Waals surface area (Å²) in [7, 11) is 0. The van der Waals surface area contributed by atoms with Crippen LogP contribution in [0.4, 0.5) is 0 Å². The van der Waals surface area contributed by atoms with Gasteiger partial charge in [-0.1, -0.05) is 22.6 Å². The molecule has 0 aromatic heterocycles. The van der Waals surface area contributed by atoms with E-state index in [1.54, 1.807) is 0 Å². The van der Waals surface area contributed by atoms with E-state index in [1.807, 2.05) is 0 Å². The number of rotatable bonds is 0. The molecule has 13 heavy (non-hydrogen) atoms. The third-order valence-electron chi connectivity index (χ3n) is 6.41. The highest BCUT2D eigenvalue weighted by molar-refractivity contribution is 14.1. The molecule has 0 saturated heterocycles. The molecule has 1 N–H and O–H groups in total. The Hall–Kier alpha value is 0.690. The van der Waals surface area contributed by atoms with Gasteiger partial charge < -0.3 is 5.11 Å². The van der Waals surface area contributed by atoms with Crippen LogP contribution >= 0.6 is 22.6 Å². The molecular weight excluding hydrogens is 275 g/mol. The first-order valence-electron chi connectivity index (χ1n) is 5.52. The van der Waals surface area contributed by atoms with Gasteiger partial charge in [0.25, 0.3) is 0 Å². The lowest BCUT2D eigenvalue weighted by Gasteiger charge is -2.63. The standard InChI is InChI=1S/C11H13IO/c1-11(13)8-3-2-4(8)7-9(11)5(3)6(2)10(7)12/h2-10,13H,1H3/t2-,3+,4-,5-,6-,7-,8+,9+,10+,11+/m0/s1. The molecule has 0 radical (unpaired) electrons. The van der Waals surface area contributed by atoms with Gasteiger partial charge in [-0.05, 0) is 54.3 Å². The minimum atomic E-state index is -0.254. The van der Waals surface area contributed by atoms with E-state index in [1.165, 1.54) is 0 Å². The van der Waals surface area contributed by atoms with Gasteiger partial charge in [0.05, 0.1) is 5.60 Å². The van der Waals surface area contributed by atoms with Crippen LogP contribution in [-0.2, 0) is 0 Å². The van der Waals surface area contributed by atoms with Crippen molar-refractivity contribution < 1.29 is 5.11 Å². The van der Waals surface area contributed by atoms with E-state index in [2.05, 4.69) is 29.5 Å². The fraction of sp³-hybridized carbons (Fsp3) is 1.00. The maximum Gasteiger partial charge on any atom is 0.0687 e. The van der Waals surface area contributed by atoms with Crippen molar-refractivity contribution in [3.05, 3.63) is 0 Å². The maximum absolute atomic E-state index is 10.5. The van der Waals surface area contributed by atoms with Crippen molar-refractivity contribution in [2.75, 3.05) is 0 Å². The summed E-state index contributed by atoms with van der Waals surface area (Å²) in [5.41, 5.74) is -0.254. The van der Waals surface area contributed by atoms with Crippen molar-refractivity contribution in [1.82, 2.24) is 0 Å². The minimum absolute atomic E-state index is 0.254. The molecule has 2 heteroatoms. The van der Waals surface area contributed by atoms with Gasteiger partial charge in [0.2, 0.25) is 0 Å². The molecule has 1 nitrogen and oxygen atoms in total. The topological polar surface area (TPSA) is 20.2 Å². The van der Waals surface area contributed by atoms with Crippen LogP contribution in [0.5, 0.6) is 0 Å². The molecule has 10 atom stereocenters. The van der Waals surface area contributed by atoms with Crippen molar-refractivity contribution in [3.63, 3.8) is 0 Å². The second-order valence-corrected chi connectivity index (χ2v) is 7.62. The van der Waals surface area contributed by atoms with Crippen LogP contribution in [0.15, 0.2) is 0 Å². The van der Waals surface area contributed by atoms with Gasteiger partial charge in [-0.3, -0.25) is 0 Å². The van der Waals surface area contributed by atoms with Gasteiger partial charge in [-0.15, -0.1) is 0 Å². The molecule has 0 aromatic carbocycles. The summed E-state index contributed by atoms with van der Waals surface area (Å²) in [6.07, 6.45) is 0. The van der Waals surface area contributed by atoms with Gasteiger partial charge in [-0.2, -0.15) is 0 Å². The molecule has 6 aliphatic carbocycles. The quantitative estimate of drug-likeness (QED) is 0.529. The highest BCUT2D eigenvalue weighted by Crippen LogP contribution is 2.91. The summed E-state index contributed by atoms with van der Waals surface area (Å²) in [5, 5.41) is 10.5. The molecule has 0 heterocycles. The first kappa shape index (κ1) is 7.04. The Kier molecular flexibility index (Phi) is 0.828. The number of halogens is 1. The SMILES string of the molecule is C[C@@]1(O)[C@@H]2[C@@H]3[C@@H]4[C@@H]5[C@@H](I)[C@@H]([C@H]42)[C@H]1[C@H]53. The summed E-state index contributed by atoms with van der Waals surface area (Å²) < 4.78 is 0.929. The van der Waals surface area contributed by atoms with Gasteiger partial charge in [-0.25, -0.2) is 0 Å². The molecule has 0 aromatic rings. The molecule has 6 fully saturated rings. The average Bonchev–Trinajstić information content (AvgIpc) is 2.42. The second kappa shape index (κ2) is 1.53. The van der Waals surface area contributed by atoms with Gasteiger partial charge in [0, 0.05) is 3.92 Å². The summed E-state index contributed by atoms with van der Waals surface area (Å²) in [5.74, 6) is 7.38. The third kappa shape index (κ3) is 0.394. The van der Waals surface area contributed by atoms with Crippen molar-refractivity contribution in [1.29, 1.82) is 0 Å². The predicted octanol–water partition coefficient (Wildman–Crippen LogP) is 1.54. The normalized spacial score (nSPS) is 90.2. The average molecular weight is 288 g/mol. The monoisotopic (exact) mass is 288 g/mol. The number of alkyl halides is 1. The maximum atomic E-state index is 10.5. The summed E-state index contributed by atoms with van der Waals surface area (Å²) >= 11 is 2.68. The Bertz CT molecular complexity index is 337. The van der Waals surface area contributed by atoms with Crippen molar-refractivity contribution >= 4 is 22.6 Å². The number of aliphatic hydroxyl groups is 1. The van der Waals surface area contributed by atoms with Crippen molar-refractivity contribution in [3.8, 4) is 0 Å². The predicted molar refractivity (Wildman–Crippen MR) is 56.4 cm³/mol. The summed E-state index contributed by atoms with van der Waals surface area (Å²) in [6, 6.07) is 0. The fourth-order valence-electron chi connectivity index (χ4n) is 6.57. The second-order valence-electron chi connectivity index (χ2n) is 6.19. The fourth-order valence-corrected chi connectivity index (χ4v) is 8.45. The highest BCUT2D eigenvalue weighted by Gasteiger charge is 2.91. The largest absolute Gasteiger partial charge is 0.390 e. The Morgan fingerprint density at radius 2 is 1.46 bits per heavy atom. The van der Waals surface area contributed by atoms with E-state index in [0.29, 0.717) is 5.92 Å². The zero-order valence-electron chi connectivity index (χ0n) is 7.52.